The fourth-order valence-corrected chi connectivity index (χ4v) is 5.02. The fourth-order valence-electron chi connectivity index (χ4n) is 3.41. The molecule has 6 nitrogen and oxygen atoms in total. The molecule has 0 unspecified atom stereocenters. The van der Waals surface area contributed by atoms with Gasteiger partial charge in [-0.2, -0.15) is 0 Å². The zero-order chi connectivity index (χ0) is 20.3. The maximum absolute atomic E-state index is 12.8. The van der Waals surface area contributed by atoms with Crippen LogP contribution in [0.25, 0.3) is 0 Å². The first-order valence-corrected chi connectivity index (χ1v) is 11.1. The molecule has 1 saturated heterocycles. The van der Waals surface area contributed by atoms with Crippen LogP contribution in [0, 0.1) is 0 Å². The van der Waals surface area contributed by atoms with E-state index in [-0.39, 0.29) is 30.9 Å². The standard InChI is InChI=1S/C22H22N2O4S/c25-22(24-14-20(15-24)29(26,27)16-19-12-7-13-28-19)23-21(17-8-3-1-4-9-17)18-10-5-2-6-11-18/h1-13,20-21H,14-16H2,(H,23,25). The molecule has 0 aliphatic carbocycles. The number of sulfone groups is 1. The molecular formula is C22H22N2O4S. The molecular weight excluding hydrogens is 388 g/mol. The summed E-state index contributed by atoms with van der Waals surface area (Å²) in [7, 11) is -3.36. The zero-order valence-electron chi connectivity index (χ0n) is 15.8. The Balaban J connectivity index is 1.42. The molecule has 1 fully saturated rings. The minimum absolute atomic E-state index is 0.142. The van der Waals surface area contributed by atoms with Crippen molar-refractivity contribution in [3.8, 4) is 0 Å². The van der Waals surface area contributed by atoms with Crippen LogP contribution in [0.5, 0.6) is 0 Å². The van der Waals surface area contributed by atoms with Crippen LogP contribution in [-0.4, -0.2) is 37.7 Å². The number of nitrogens with one attached hydrogen (secondary N) is 1. The molecule has 7 heteroatoms. The number of likely N-dealkylation sites (tertiary alicyclic amines) is 1. The highest BCUT2D eigenvalue weighted by molar-refractivity contribution is 7.91. The Morgan fingerprint density at radius 2 is 1.55 bits per heavy atom. The summed E-state index contributed by atoms with van der Waals surface area (Å²) >= 11 is 0. The van der Waals surface area contributed by atoms with Gasteiger partial charge in [-0.1, -0.05) is 60.7 Å². The molecule has 0 atom stereocenters. The quantitative estimate of drug-likeness (QED) is 0.676. The van der Waals surface area contributed by atoms with Gasteiger partial charge in [-0.25, -0.2) is 13.2 Å². The minimum atomic E-state index is -3.36. The summed E-state index contributed by atoms with van der Waals surface area (Å²) in [6.45, 7) is 0.371. The molecule has 1 N–H and O–H groups in total. The van der Waals surface area contributed by atoms with Gasteiger partial charge in [0.1, 0.15) is 11.5 Å². The summed E-state index contributed by atoms with van der Waals surface area (Å²) in [5.41, 5.74) is 1.93. The molecule has 0 saturated carbocycles. The second-order valence-electron chi connectivity index (χ2n) is 7.12. The Labute approximate surface area is 170 Å². The number of amides is 2. The lowest BCUT2D eigenvalue weighted by Crippen LogP contribution is -2.59. The van der Waals surface area contributed by atoms with E-state index < -0.39 is 15.1 Å². The fraction of sp³-hybridized carbons (Fsp3) is 0.227. The van der Waals surface area contributed by atoms with Crippen molar-refractivity contribution >= 4 is 15.9 Å². The Bertz CT molecular complexity index is 1010. The zero-order valence-corrected chi connectivity index (χ0v) is 16.6. The van der Waals surface area contributed by atoms with Crippen LogP contribution in [0.1, 0.15) is 22.9 Å². The largest absolute Gasteiger partial charge is 0.468 e. The number of urea groups is 1. The van der Waals surface area contributed by atoms with Crippen molar-refractivity contribution in [3.63, 3.8) is 0 Å². The lowest BCUT2D eigenvalue weighted by molar-refractivity contribution is 0.167. The average molecular weight is 410 g/mol. The number of carbonyl (C=O) groups excluding carboxylic acids is 1. The number of benzene rings is 2. The molecule has 0 bridgehead atoms. The molecule has 1 aromatic heterocycles. The van der Waals surface area contributed by atoms with E-state index in [1.165, 1.54) is 11.2 Å². The van der Waals surface area contributed by atoms with Crippen LogP contribution in [0.2, 0.25) is 0 Å². The molecule has 29 heavy (non-hydrogen) atoms. The molecule has 4 rings (SSSR count). The van der Waals surface area contributed by atoms with Crippen molar-refractivity contribution in [1.29, 1.82) is 0 Å². The third-order valence-electron chi connectivity index (χ3n) is 5.10. The number of nitrogens with zero attached hydrogens (tertiary/aromatic N) is 1. The van der Waals surface area contributed by atoms with E-state index in [1.54, 1.807) is 12.1 Å². The number of hydrogen-bond acceptors (Lipinski definition) is 4. The molecule has 1 aliphatic heterocycles. The van der Waals surface area contributed by atoms with Crippen LogP contribution in [-0.2, 0) is 15.6 Å². The lowest BCUT2D eigenvalue weighted by Gasteiger charge is -2.39. The molecule has 1 aliphatic rings. The summed E-state index contributed by atoms with van der Waals surface area (Å²) in [5, 5.41) is 2.48. The van der Waals surface area contributed by atoms with Crippen molar-refractivity contribution in [1.82, 2.24) is 10.2 Å². The molecule has 2 amide bonds. The van der Waals surface area contributed by atoms with E-state index >= 15 is 0 Å². The van der Waals surface area contributed by atoms with Crippen molar-refractivity contribution in [2.75, 3.05) is 13.1 Å². The van der Waals surface area contributed by atoms with Gasteiger partial charge in [-0.15, -0.1) is 0 Å². The van der Waals surface area contributed by atoms with Crippen LogP contribution in [0.4, 0.5) is 4.79 Å². The molecule has 2 heterocycles. The van der Waals surface area contributed by atoms with Crippen LogP contribution in [0.15, 0.2) is 83.5 Å². The van der Waals surface area contributed by atoms with Gasteiger partial charge in [0.05, 0.1) is 17.6 Å². The van der Waals surface area contributed by atoms with E-state index in [1.807, 2.05) is 60.7 Å². The van der Waals surface area contributed by atoms with Gasteiger partial charge in [0.15, 0.2) is 9.84 Å². The summed E-state index contributed by atoms with van der Waals surface area (Å²) < 4.78 is 30.1. The third-order valence-corrected chi connectivity index (χ3v) is 7.10. The number of carbonyl (C=O) groups is 1. The van der Waals surface area contributed by atoms with Crippen molar-refractivity contribution in [2.45, 2.75) is 17.0 Å². The van der Waals surface area contributed by atoms with Crippen LogP contribution < -0.4 is 5.32 Å². The molecule has 2 aromatic carbocycles. The lowest BCUT2D eigenvalue weighted by atomic mass is 9.99. The Morgan fingerprint density at radius 3 is 2.07 bits per heavy atom. The van der Waals surface area contributed by atoms with Crippen molar-refractivity contribution in [2.24, 2.45) is 0 Å². The number of hydrogen-bond donors (Lipinski definition) is 1. The smallest absolute Gasteiger partial charge is 0.318 e. The summed E-state index contributed by atoms with van der Waals surface area (Å²) in [4.78, 5) is 14.3. The minimum Gasteiger partial charge on any atom is -0.468 e. The first-order chi connectivity index (χ1) is 14.0. The maximum Gasteiger partial charge on any atom is 0.318 e. The van der Waals surface area contributed by atoms with Crippen LogP contribution in [0.3, 0.4) is 0 Å². The first-order valence-electron chi connectivity index (χ1n) is 9.42. The van der Waals surface area contributed by atoms with E-state index in [9.17, 15) is 13.2 Å². The SMILES string of the molecule is O=C(NC(c1ccccc1)c1ccccc1)N1CC(S(=O)(=O)Cc2ccco2)C1. The highest BCUT2D eigenvalue weighted by atomic mass is 32.2. The topological polar surface area (TPSA) is 79.6 Å². The van der Waals surface area contributed by atoms with E-state index in [0.29, 0.717) is 5.76 Å². The Morgan fingerprint density at radius 1 is 0.966 bits per heavy atom. The summed E-state index contributed by atoms with van der Waals surface area (Å²) in [6, 6.07) is 22.2. The van der Waals surface area contributed by atoms with Crippen LogP contribution >= 0.6 is 0 Å². The molecule has 0 radical (unpaired) electrons. The van der Waals surface area contributed by atoms with Gasteiger partial charge in [-0.05, 0) is 23.3 Å². The Hall–Kier alpha value is -3.06. The molecule has 0 spiro atoms. The van der Waals surface area contributed by atoms with Gasteiger partial charge in [0.2, 0.25) is 0 Å². The highest BCUT2D eigenvalue weighted by Gasteiger charge is 2.40. The maximum atomic E-state index is 12.8. The van der Waals surface area contributed by atoms with Gasteiger partial charge >= 0.3 is 6.03 Å². The normalized spacial score (nSPS) is 14.6. The van der Waals surface area contributed by atoms with Crippen molar-refractivity contribution < 1.29 is 17.6 Å². The molecule has 3 aromatic rings. The van der Waals surface area contributed by atoms with Gasteiger partial charge in [0.25, 0.3) is 0 Å². The highest BCUT2D eigenvalue weighted by Crippen LogP contribution is 2.25. The Kier molecular flexibility index (Phi) is 5.40. The third kappa shape index (κ3) is 4.35. The monoisotopic (exact) mass is 410 g/mol. The van der Waals surface area contributed by atoms with E-state index in [4.69, 9.17) is 4.42 Å². The second kappa shape index (κ2) is 8.13. The summed E-state index contributed by atoms with van der Waals surface area (Å²) in [6.07, 6.45) is 1.46. The van der Waals surface area contributed by atoms with E-state index in [2.05, 4.69) is 5.32 Å². The van der Waals surface area contributed by atoms with E-state index in [0.717, 1.165) is 11.1 Å². The summed E-state index contributed by atoms with van der Waals surface area (Å²) in [5.74, 6) is 0.276. The number of furan rings is 1. The second-order valence-corrected chi connectivity index (χ2v) is 9.40. The van der Waals surface area contributed by atoms with Gasteiger partial charge in [-0.3, -0.25) is 0 Å². The number of rotatable bonds is 6. The first kappa shape index (κ1) is 19.3. The predicted octanol–water partition coefficient (Wildman–Crippen LogP) is 3.38. The average Bonchev–Trinajstić information content (AvgIpc) is 3.18. The van der Waals surface area contributed by atoms with Crippen molar-refractivity contribution in [3.05, 3.63) is 95.9 Å². The molecule has 150 valence electrons. The predicted molar refractivity (Wildman–Crippen MR) is 110 cm³/mol. The van der Waals surface area contributed by atoms with Gasteiger partial charge < -0.3 is 14.6 Å². The van der Waals surface area contributed by atoms with Gasteiger partial charge in [0, 0.05) is 13.1 Å².